The lowest BCUT2D eigenvalue weighted by Crippen LogP contribution is -2.50. The molecule has 112 valence electrons. The average Bonchev–Trinajstić information content (AvgIpc) is 2.90. The average molecular weight is 326 g/mol. The number of anilines is 1. The molecule has 5 nitrogen and oxygen atoms in total. The van der Waals surface area contributed by atoms with Gasteiger partial charge in [0.15, 0.2) is 5.82 Å². The number of halogens is 2. The number of rotatable bonds is 2. The van der Waals surface area contributed by atoms with Crippen molar-refractivity contribution in [2.45, 2.75) is 31.8 Å². The summed E-state index contributed by atoms with van der Waals surface area (Å²) in [6.45, 7) is 3.03. The van der Waals surface area contributed by atoms with Gasteiger partial charge in [0.05, 0.1) is 0 Å². The summed E-state index contributed by atoms with van der Waals surface area (Å²) in [5, 5.41) is 8.40. The van der Waals surface area contributed by atoms with Crippen molar-refractivity contribution in [3.8, 4) is 11.4 Å². The Morgan fingerprint density at radius 3 is 2.71 bits per heavy atom. The maximum atomic E-state index is 6.12. The Morgan fingerprint density at radius 2 is 2.00 bits per heavy atom. The normalized spacial score (nSPS) is 22.6. The summed E-state index contributed by atoms with van der Waals surface area (Å²) in [7, 11) is 0. The molecular formula is C14H17Cl2N5. The molecule has 3 N–H and O–H groups in total. The van der Waals surface area contributed by atoms with Gasteiger partial charge < -0.3 is 10.6 Å². The molecule has 1 aromatic heterocycles. The Kier molecular flexibility index (Phi) is 4.06. The molecule has 2 heterocycles. The molecule has 1 saturated heterocycles. The van der Waals surface area contributed by atoms with E-state index < -0.39 is 0 Å². The van der Waals surface area contributed by atoms with Crippen molar-refractivity contribution >= 4 is 29.2 Å². The van der Waals surface area contributed by atoms with Gasteiger partial charge in [0.25, 0.3) is 0 Å². The van der Waals surface area contributed by atoms with E-state index in [1.165, 1.54) is 0 Å². The summed E-state index contributed by atoms with van der Waals surface area (Å²) in [5.74, 6) is 1.32. The van der Waals surface area contributed by atoms with Crippen molar-refractivity contribution in [1.82, 2.24) is 15.2 Å². The van der Waals surface area contributed by atoms with Crippen LogP contribution in [-0.4, -0.2) is 33.8 Å². The number of nitrogens with one attached hydrogen (secondary N) is 1. The van der Waals surface area contributed by atoms with Crippen LogP contribution in [0.3, 0.4) is 0 Å². The SMILES string of the molecule is CC1C(N)CCCN1c1n[nH]c(-c2cc(Cl)cc(Cl)c2)n1. The van der Waals surface area contributed by atoms with Gasteiger partial charge in [0.2, 0.25) is 5.95 Å². The molecule has 2 unspecified atom stereocenters. The first kappa shape index (κ1) is 14.6. The van der Waals surface area contributed by atoms with Crippen LogP contribution in [0.5, 0.6) is 0 Å². The van der Waals surface area contributed by atoms with E-state index in [1.54, 1.807) is 6.07 Å². The molecule has 0 aliphatic carbocycles. The monoisotopic (exact) mass is 325 g/mol. The fourth-order valence-electron chi connectivity index (χ4n) is 2.66. The Labute approximate surface area is 133 Å². The highest BCUT2D eigenvalue weighted by molar-refractivity contribution is 6.35. The first-order valence-electron chi connectivity index (χ1n) is 6.95. The molecule has 1 fully saturated rings. The highest BCUT2D eigenvalue weighted by atomic mass is 35.5. The largest absolute Gasteiger partial charge is 0.335 e. The van der Waals surface area contributed by atoms with Crippen molar-refractivity contribution in [2.75, 3.05) is 11.4 Å². The number of hydrogen-bond donors (Lipinski definition) is 2. The van der Waals surface area contributed by atoms with Crippen LogP contribution in [0, 0.1) is 0 Å². The molecule has 0 amide bonds. The third-order valence-corrected chi connectivity index (χ3v) is 4.35. The Balaban J connectivity index is 1.89. The van der Waals surface area contributed by atoms with Crippen molar-refractivity contribution < 1.29 is 0 Å². The highest BCUT2D eigenvalue weighted by Crippen LogP contribution is 2.27. The molecule has 1 aromatic carbocycles. The third-order valence-electron chi connectivity index (χ3n) is 3.91. The first-order chi connectivity index (χ1) is 10.0. The summed E-state index contributed by atoms with van der Waals surface area (Å²) in [4.78, 5) is 6.70. The molecule has 3 rings (SSSR count). The van der Waals surface area contributed by atoms with E-state index in [0.717, 1.165) is 24.9 Å². The van der Waals surface area contributed by atoms with Gasteiger partial charge in [-0.05, 0) is 38.0 Å². The van der Waals surface area contributed by atoms with Gasteiger partial charge in [0.1, 0.15) is 0 Å². The van der Waals surface area contributed by atoms with Gasteiger partial charge >= 0.3 is 0 Å². The summed E-state index contributed by atoms with van der Waals surface area (Å²) < 4.78 is 0. The van der Waals surface area contributed by atoms with Gasteiger partial charge in [0, 0.05) is 34.2 Å². The molecular weight excluding hydrogens is 309 g/mol. The second-order valence-corrected chi connectivity index (χ2v) is 6.26. The number of H-pyrrole nitrogens is 1. The fourth-order valence-corrected chi connectivity index (χ4v) is 3.18. The van der Waals surface area contributed by atoms with Gasteiger partial charge in [-0.15, -0.1) is 5.10 Å². The van der Waals surface area contributed by atoms with Crippen molar-refractivity contribution in [3.05, 3.63) is 28.2 Å². The van der Waals surface area contributed by atoms with Crippen LogP contribution in [0.15, 0.2) is 18.2 Å². The lowest BCUT2D eigenvalue weighted by atomic mass is 9.99. The van der Waals surface area contributed by atoms with Crippen molar-refractivity contribution in [3.63, 3.8) is 0 Å². The second kappa shape index (κ2) is 5.83. The molecule has 0 bridgehead atoms. The summed E-state index contributed by atoms with van der Waals surface area (Å²) in [6, 6.07) is 5.69. The Hall–Kier alpha value is -1.30. The fraction of sp³-hybridized carbons (Fsp3) is 0.429. The Morgan fingerprint density at radius 1 is 1.29 bits per heavy atom. The topological polar surface area (TPSA) is 70.8 Å². The van der Waals surface area contributed by atoms with Gasteiger partial charge in [-0.25, -0.2) is 0 Å². The molecule has 0 radical (unpaired) electrons. The predicted molar refractivity (Wildman–Crippen MR) is 85.9 cm³/mol. The van der Waals surface area contributed by atoms with E-state index in [-0.39, 0.29) is 12.1 Å². The Bertz CT molecular complexity index is 622. The molecule has 2 atom stereocenters. The number of nitrogens with two attached hydrogens (primary N) is 1. The molecule has 21 heavy (non-hydrogen) atoms. The van der Waals surface area contributed by atoms with E-state index in [4.69, 9.17) is 28.9 Å². The minimum Gasteiger partial charge on any atom is -0.335 e. The van der Waals surface area contributed by atoms with E-state index in [2.05, 4.69) is 27.0 Å². The van der Waals surface area contributed by atoms with Crippen LogP contribution < -0.4 is 10.6 Å². The number of piperidine rings is 1. The zero-order valence-corrected chi connectivity index (χ0v) is 13.2. The zero-order valence-electron chi connectivity index (χ0n) is 11.7. The van der Waals surface area contributed by atoms with Crippen LogP contribution >= 0.6 is 23.2 Å². The minimum atomic E-state index is 0.154. The number of hydrogen-bond acceptors (Lipinski definition) is 4. The van der Waals surface area contributed by atoms with E-state index >= 15 is 0 Å². The molecule has 7 heteroatoms. The summed E-state index contributed by atoms with van der Waals surface area (Å²) in [5.41, 5.74) is 6.94. The van der Waals surface area contributed by atoms with Crippen molar-refractivity contribution in [1.29, 1.82) is 0 Å². The lowest BCUT2D eigenvalue weighted by molar-refractivity contribution is 0.416. The number of aromatic amines is 1. The standard InChI is InChI=1S/C14H17Cl2N5/c1-8-12(17)3-2-4-21(8)14-18-13(19-20-14)9-5-10(15)7-11(16)6-9/h5-8,12H,2-4,17H2,1H3,(H,18,19,20). The maximum absolute atomic E-state index is 6.12. The van der Waals surface area contributed by atoms with Gasteiger partial charge in [-0.3, -0.25) is 5.10 Å². The maximum Gasteiger partial charge on any atom is 0.245 e. The van der Waals surface area contributed by atoms with Crippen LogP contribution in [0.1, 0.15) is 19.8 Å². The molecule has 2 aromatic rings. The highest BCUT2D eigenvalue weighted by Gasteiger charge is 2.27. The smallest absolute Gasteiger partial charge is 0.245 e. The minimum absolute atomic E-state index is 0.154. The zero-order chi connectivity index (χ0) is 15.0. The lowest BCUT2D eigenvalue weighted by Gasteiger charge is -2.36. The van der Waals surface area contributed by atoms with Crippen LogP contribution in [0.4, 0.5) is 5.95 Å². The molecule has 0 saturated carbocycles. The van der Waals surface area contributed by atoms with Crippen LogP contribution in [0.2, 0.25) is 10.0 Å². The third kappa shape index (κ3) is 3.00. The first-order valence-corrected chi connectivity index (χ1v) is 7.71. The van der Waals surface area contributed by atoms with Crippen LogP contribution in [-0.2, 0) is 0 Å². The predicted octanol–water partition coefficient (Wildman–Crippen LogP) is 3.09. The number of aromatic nitrogens is 3. The van der Waals surface area contributed by atoms with Gasteiger partial charge in [-0.1, -0.05) is 23.2 Å². The van der Waals surface area contributed by atoms with E-state index in [1.807, 2.05) is 12.1 Å². The van der Waals surface area contributed by atoms with E-state index in [0.29, 0.717) is 21.8 Å². The quantitative estimate of drug-likeness (QED) is 0.890. The summed E-state index contributed by atoms with van der Waals surface area (Å²) >= 11 is 12.0. The van der Waals surface area contributed by atoms with Gasteiger partial charge in [-0.2, -0.15) is 4.98 Å². The summed E-state index contributed by atoms with van der Waals surface area (Å²) in [6.07, 6.45) is 2.09. The van der Waals surface area contributed by atoms with Crippen LogP contribution in [0.25, 0.3) is 11.4 Å². The molecule has 1 aliphatic rings. The molecule has 1 aliphatic heterocycles. The number of nitrogens with zero attached hydrogens (tertiary/aromatic N) is 3. The van der Waals surface area contributed by atoms with Crippen molar-refractivity contribution in [2.24, 2.45) is 5.73 Å². The second-order valence-electron chi connectivity index (χ2n) is 5.38. The molecule has 0 spiro atoms. The number of benzene rings is 1. The van der Waals surface area contributed by atoms with E-state index in [9.17, 15) is 0 Å².